The first-order valence-electron chi connectivity index (χ1n) is 7.34. The number of nitrogens with zero attached hydrogens (tertiary/aromatic N) is 3. The average molecular weight is 310 g/mol. The summed E-state index contributed by atoms with van der Waals surface area (Å²) in [4.78, 5) is 22.2. The summed E-state index contributed by atoms with van der Waals surface area (Å²) in [5.41, 5.74) is 5.34. The van der Waals surface area contributed by atoms with Gasteiger partial charge >= 0.3 is 0 Å². The van der Waals surface area contributed by atoms with Crippen molar-refractivity contribution >= 4 is 22.4 Å². The van der Waals surface area contributed by atoms with Crippen molar-refractivity contribution in [2.75, 3.05) is 25.4 Å². The highest BCUT2D eigenvalue weighted by Gasteiger charge is 2.38. The zero-order valence-electron chi connectivity index (χ0n) is 13.6. The summed E-state index contributed by atoms with van der Waals surface area (Å²) in [5, 5.41) is 0.615. The lowest BCUT2D eigenvalue weighted by molar-refractivity contribution is -0.144. The molecule has 1 fully saturated rings. The molecule has 2 N–H and O–H groups in total. The summed E-state index contributed by atoms with van der Waals surface area (Å²) in [5.74, 6) is 0.234. The third-order valence-corrected chi connectivity index (χ3v) is 4.73. The van der Waals surface area contributed by atoms with Gasteiger partial charge in [0, 0.05) is 48.2 Å². The molecule has 1 aromatic heterocycles. The highest BCUT2D eigenvalue weighted by molar-refractivity contribution is 7.15. The number of nitrogen functional groups attached to an aromatic ring is 1. The molecule has 0 bridgehead atoms. The summed E-state index contributed by atoms with van der Waals surface area (Å²) < 4.78 is 0. The Hall–Kier alpha value is -1.14. The smallest absolute Gasteiger partial charge is 0.228 e. The van der Waals surface area contributed by atoms with Gasteiger partial charge in [-0.05, 0) is 13.8 Å². The number of nitrogens with two attached hydrogens (primary N) is 1. The fourth-order valence-electron chi connectivity index (χ4n) is 2.71. The van der Waals surface area contributed by atoms with E-state index >= 15 is 0 Å². The molecule has 1 amide bonds. The number of thiazole rings is 1. The van der Waals surface area contributed by atoms with Gasteiger partial charge in [0.15, 0.2) is 5.13 Å². The number of aromatic nitrogens is 1. The number of carbonyl (C=O) groups excluding carboxylic acids is 1. The van der Waals surface area contributed by atoms with Crippen molar-refractivity contribution in [3.05, 3.63) is 11.1 Å². The predicted molar refractivity (Wildman–Crippen MR) is 87.1 cm³/mol. The van der Waals surface area contributed by atoms with Crippen LogP contribution in [0.2, 0.25) is 0 Å². The van der Waals surface area contributed by atoms with Crippen LogP contribution in [0.25, 0.3) is 0 Å². The Morgan fingerprint density at radius 3 is 2.57 bits per heavy atom. The van der Waals surface area contributed by atoms with Crippen LogP contribution in [0.1, 0.15) is 39.5 Å². The summed E-state index contributed by atoms with van der Waals surface area (Å²) in [6, 6.07) is 0. The second-order valence-electron chi connectivity index (χ2n) is 7.38. The molecular formula is C15H26N4OS. The van der Waals surface area contributed by atoms with Crippen molar-refractivity contribution in [1.29, 1.82) is 0 Å². The highest BCUT2D eigenvalue weighted by atomic mass is 32.1. The van der Waals surface area contributed by atoms with Crippen LogP contribution in [0, 0.1) is 5.41 Å². The van der Waals surface area contributed by atoms with Crippen LogP contribution in [0.5, 0.6) is 0 Å². The molecular weight excluding hydrogens is 284 g/mol. The van der Waals surface area contributed by atoms with Gasteiger partial charge in [-0.15, -0.1) is 11.3 Å². The van der Waals surface area contributed by atoms with E-state index in [0.29, 0.717) is 5.13 Å². The van der Waals surface area contributed by atoms with Crippen molar-refractivity contribution in [2.45, 2.75) is 46.7 Å². The van der Waals surface area contributed by atoms with E-state index in [4.69, 9.17) is 5.73 Å². The Kier molecular flexibility index (Phi) is 4.31. The van der Waals surface area contributed by atoms with E-state index in [0.717, 1.165) is 26.2 Å². The predicted octanol–water partition coefficient (Wildman–Crippen LogP) is 2.19. The van der Waals surface area contributed by atoms with Crippen molar-refractivity contribution < 1.29 is 4.79 Å². The molecule has 0 radical (unpaired) electrons. The van der Waals surface area contributed by atoms with Gasteiger partial charge in [-0.1, -0.05) is 20.8 Å². The number of hydrogen-bond donors (Lipinski definition) is 1. The lowest BCUT2D eigenvalue weighted by Crippen LogP contribution is -2.61. The number of amides is 1. The van der Waals surface area contributed by atoms with Gasteiger partial charge in [0.05, 0.1) is 0 Å². The van der Waals surface area contributed by atoms with E-state index in [2.05, 4.69) is 23.7 Å². The summed E-state index contributed by atoms with van der Waals surface area (Å²) in [6.07, 6.45) is 1.85. The molecule has 6 heteroatoms. The Morgan fingerprint density at radius 2 is 2.10 bits per heavy atom. The Morgan fingerprint density at radius 1 is 1.43 bits per heavy atom. The fourth-order valence-corrected chi connectivity index (χ4v) is 3.41. The minimum atomic E-state index is -0.315. The van der Waals surface area contributed by atoms with Gasteiger partial charge in [0.1, 0.15) is 0 Å². The molecule has 1 saturated heterocycles. The third kappa shape index (κ3) is 3.74. The van der Waals surface area contributed by atoms with Gasteiger partial charge in [-0.3, -0.25) is 9.69 Å². The SMILES string of the molecule is CC(C)(C)C(=O)N1CCN(Cc2cnc(N)s2)C(C)(C)C1. The van der Waals surface area contributed by atoms with Crippen molar-refractivity contribution in [1.82, 2.24) is 14.8 Å². The largest absolute Gasteiger partial charge is 0.375 e. The zero-order chi connectivity index (χ0) is 15.8. The molecule has 0 unspecified atom stereocenters. The standard InChI is InChI=1S/C15H26N4OS/c1-14(2,3)12(20)18-6-7-19(15(4,5)10-18)9-11-8-17-13(16)21-11/h8H,6-7,9-10H2,1-5H3,(H2,16,17). The molecule has 0 aliphatic carbocycles. The molecule has 0 atom stereocenters. The first-order chi connectivity index (χ1) is 9.59. The van der Waals surface area contributed by atoms with Crippen molar-refractivity contribution in [3.8, 4) is 0 Å². The maximum absolute atomic E-state index is 12.5. The number of piperazine rings is 1. The molecule has 0 saturated carbocycles. The molecule has 118 valence electrons. The van der Waals surface area contributed by atoms with Crippen LogP contribution in [-0.2, 0) is 11.3 Å². The van der Waals surface area contributed by atoms with Gasteiger partial charge in [0.2, 0.25) is 5.91 Å². The van der Waals surface area contributed by atoms with Gasteiger partial charge in [-0.2, -0.15) is 0 Å². The van der Waals surface area contributed by atoms with Crippen LogP contribution in [0.15, 0.2) is 6.20 Å². The first kappa shape index (κ1) is 16.2. The van der Waals surface area contributed by atoms with Crippen LogP contribution in [0.3, 0.4) is 0 Å². The molecule has 5 nitrogen and oxygen atoms in total. The number of carbonyl (C=O) groups is 1. The van der Waals surface area contributed by atoms with Crippen LogP contribution in [-0.4, -0.2) is 45.9 Å². The van der Waals surface area contributed by atoms with E-state index in [-0.39, 0.29) is 16.9 Å². The molecule has 1 aromatic rings. The van der Waals surface area contributed by atoms with Gasteiger partial charge in [0.25, 0.3) is 0 Å². The quantitative estimate of drug-likeness (QED) is 0.909. The minimum absolute atomic E-state index is 0.0437. The number of anilines is 1. The highest BCUT2D eigenvalue weighted by Crippen LogP contribution is 2.28. The Bertz CT molecular complexity index is 518. The second-order valence-corrected chi connectivity index (χ2v) is 8.52. The maximum Gasteiger partial charge on any atom is 0.228 e. The van der Waals surface area contributed by atoms with E-state index in [1.165, 1.54) is 16.2 Å². The topological polar surface area (TPSA) is 62.5 Å². The van der Waals surface area contributed by atoms with E-state index in [1.54, 1.807) is 0 Å². The second kappa shape index (κ2) is 5.57. The zero-order valence-corrected chi connectivity index (χ0v) is 14.5. The van der Waals surface area contributed by atoms with Crippen molar-refractivity contribution in [2.24, 2.45) is 5.41 Å². The summed E-state index contributed by atoms with van der Waals surface area (Å²) in [6.45, 7) is 13.6. The molecule has 2 heterocycles. The fraction of sp³-hybridized carbons (Fsp3) is 0.733. The average Bonchev–Trinajstić information content (AvgIpc) is 2.75. The maximum atomic E-state index is 12.5. The first-order valence-corrected chi connectivity index (χ1v) is 8.16. The van der Waals surface area contributed by atoms with Gasteiger partial charge < -0.3 is 10.6 Å². The third-order valence-electron chi connectivity index (χ3n) is 3.92. The number of hydrogen-bond acceptors (Lipinski definition) is 5. The van der Waals surface area contributed by atoms with E-state index in [1.807, 2.05) is 31.9 Å². The summed E-state index contributed by atoms with van der Waals surface area (Å²) in [7, 11) is 0. The summed E-state index contributed by atoms with van der Waals surface area (Å²) >= 11 is 1.54. The minimum Gasteiger partial charge on any atom is -0.375 e. The molecule has 1 aliphatic rings. The lowest BCUT2D eigenvalue weighted by Gasteiger charge is -2.48. The molecule has 21 heavy (non-hydrogen) atoms. The number of rotatable bonds is 2. The molecule has 0 aromatic carbocycles. The lowest BCUT2D eigenvalue weighted by atomic mass is 9.91. The molecule has 1 aliphatic heterocycles. The Labute approximate surface area is 131 Å². The van der Waals surface area contributed by atoms with E-state index in [9.17, 15) is 4.79 Å². The van der Waals surface area contributed by atoms with Gasteiger partial charge in [-0.25, -0.2) is 4.98 Å². The van der Waals surface area contributed by atoms with Crippen LogP contribution >= 0.6 is 11.3 Å². The van der Waals surface area contributed by atoms with E-state index < -0.39 is 0 Å². The van der Waals surface area contributed by atoms with Crippen molar-refractivity contribution in [3.63, 3.8) is 0 Å². The monoisotopic (exact) mass is 310 g/mol. The van der Waals surface area contributed by atoms with Crippen LogP contribution in [0.4, 0.5) is 5.13 Å². The molecule has 0 spiro atoms. The Balaban J connectivity index is 2.04. The van der Waals surface area contributed by atoms with Crippen LogP contribution < -0.4 is 5.73 Å². The normalized spacial score (nSPS) is 19.8. The molecule has 2 rings (SSSR count).